The molecule has 3 N–H and O–H groups in total. The highest BCUT2D eigenvalue weighted by Gasteiger charge is 2.45. The fraction of sp³-hybridized carbons (Fsp3) is 0.500. The summed E-state index contributed by atoms with van der Waals surface area (Å²) in [6.07, 6.45) is 5.10. The first kappa shape index (κ1) is 27.2. The van der Waals surface area contributed by atoms with Crippen LogP contribution in [0.3, 0.4) is 0 Å². The lowest BCUT2D eigenvalue weighted by Crippen LogP contribution is -2.50. The van der Waals surface area contributed by atoms with Crippen LogP contribution in [0.25, 0.3) is 0 Å². The lowest BCUT2D eigenvalue weighted by Gasteiger charge is -2.32. The highest BCUT2D eigenvalue weighted by Crippen LogP contribution is 2.30. The number of aliphatic carboxylic acids is 1. The summed E-state index contributed by atoms with van der Waals surface area (Å²) in [5.41, 5.74) is 8.28. The number of halogens is 1. The van der Waals surface area contributed by atoms with E-state index in [-0.39, 0.29) is 49.1 Å². The van der Waals surface area contributed by atoms with Crippen molar-refractivity contribution >= 4 is 29.3 Å². The molecule has 2 aliphatic heterocycles. The summed E-state index contributed by atoms with van der Waals surface area (Å²) in [5.74, 6) is -1.23. The van der Waals surface area contributed by atoms with E-state index < -0.39 is 12.0 Å². The maximum atomic E-state index is 13.8. The van der Waals surface area contributed by atoms with E-state index >= 15 is 0 Å². The minimum Gasteiger partial charge on any atom is -0.481 e. The standard InChI is InChI=1S/C28H35ClN4O4/c29-20-7-8-22(31-17-20)9-12-26(34)24(11-13-27(35)36)32-15-14-23(10-6-19-4-2-1-3-5-19)33-18-21(30)16-25(33)28(32)37/h1-5,7-8,17,21,23-25H,6,9-16,18,30H2,(H,35,36)/t21-,23?,24-,25+/m1/s1. The minimum atomic E-state index is -0.982. The topological polar surface area (TPSA) is 117 Å². The molecule has 0 saturated carbocycles. The molecule has 1 aromatic heterocycles. The van der Waals surface area contributed by atoms with Gasteiger partial charge in [-0.2, -0.15) is 0 Å². The fourth-order valence-electron chi connectivity index (χ4n) is 5.62. The summed E-state index contributed by atoms with van der Waals surface area (Å²) in [7, 11) is 0. The highest BCUT2D eigenvalue weighted by atomic mass is 35.5. The molecule has 37 heavy (non-hydrogen) atoms. The van der Waals surface area contributed by atoms with Crippen molar-refractivity contribution in [3.05, 3.63) is 64.9 Å². The van der Waals surface area contributed by atoms with Gasteiger partial charge in [-0.3, -0.25) is 24.3 Å². The molecule has 8 nitrogen and oxygen atoms in total. The van der Waals surface area contributed by atoms with Crippen LogP contribution in [0.5, 0.6) is 0 Å². The second kappa shape index (κ2) is 12.6. The smallest absolute Gasteiger partial charge is 0.303 e. The average molecular weight is 527 g/mol. The van der Waals surface area contributed by atoms with Gasteiger partial charge in [-0.15, -0.1) is 0 Å². The lowest BCUT2D eigenvalue weighted by atomic mass is 9.98. The van der Waals surface area contributed by atoms with Crippen molar-refractivity contribution in [1.29, 1.82) is 0 Å². The van der Waals surface area contributed by atoms with Crippen molar-refractivity contribution in [1.82, 2.24) is 14.8 Å². The van der Waals surface area contributed by atoms with Gasteiger partial charge < -0.3 is 15.7 Å². The van der Waals surface area contributed by atoms with Crippen molar-refractivity contribution in [3.63, 3.8) is 0 Å². The Balaban J connectivity index is 1.50. The number of fused-ring (bicyclic) bond motifs is 1. The minimum absolute atomic E-state index is 0.0986. The Morgan fingerprint density at radius 1 is 1.14 bits per heavy atom. The van der Waals surface area contributed by atoms with Gasteiger partial charge in [0.1, 0.15) is 0 Å². The van der Waals surface area contributed by atoms with Crippen LogP contribution in [0, 0.1) is 0 Å². The van der Waals surface area contributed by atoms with Crippen LogP contribution in [0.1, 0.15) is 49.8 Å². The Bertz CT molecular complexity index is 1080. The van der Waals surface area contributed by atoms with E-state index in [1.54, 1.807) is 17.0 Å². The fourth-order valence-corrected chi connectivity index (χ4v) is 5.73. The van der Waals surface area contributed by atoms with Crippen molar-refractivity contribution in [2.24, 2.45) is 5.73 Å². The van der Waals surface area contributed by atoms with Crippen molar-refractivity contribution < 1.29 is 19.5 Å². The number of nitrogens with zero attached hydrogens (tertiary/aromatic N) is 3. The molecule has 1 unspecified atom stereocenters. The van der Waals surface area contributed by atoms with Gasteiger partial charge in [0.05, 0.1) is 17.1 Å². The zero-order chi connectivity index (χ0) is 26.4. The number of aromatic nitrogens is 1. The normalized spacial score (nSPS) is 22.9. The van der Waals surface area contributed by atoms with Crippen LogP contribution in [-0.2, 0) is 27.2 Å². The summed E-state index contributed by atoms with van der Waals surface area (Å²) in [4.78, 5) is 46.8. The first-order valence-electron chi connectivity index (χ1n) is 13.0. The molecule has 0 spiro atoms. The molecular formula is C28H35ClN4O4. The van der Waals surface area contributed by atoms with Gasteiger partial charge in [0.15, 0.2) is 5.78 Å². The number of rotatable bonds is 11. The number of aryl methyl sites for hydroxylation is 2. The number of benzene rings is 1. The SMILES string of the molecule is N[C@@H]1C[C@H]2C(=O)N([C@H](CCC(=O)O)C(=O)CCc3ccc(Cl)cn3)CCC(CCc3ccccc3)N2C1. The summed E-state index contributed by atoms with van der Waals surface area (Å²) in [5, 5.41) is 9.86. The van der Waals surface area contributed by atoms with Crippen molar-refractivity contribution in [3.8, 4) is 0 Å². The number of nitrogens with two attached hydrogens (primary N) is 1. The van der Waals surface area contributed by atoms with Crippen LogP contribution in [0.4, 0.5) is 0 Å². The Labute approximate surface area is 222 Å². The van der Waals surface area contributed by atoms with Gasteiger partial charge in [-0.25, -0.2) is 0 Å². The van der Waals surface area contributed by atoms with E-state index in [1.807, 2.05) is 18.2 Å². The van der Waals surface area contributed by atoms with E-state index in [0.717, 1.165) is 25.0 Å². The first-order chi connectivity index (χ1) is 17.8. The number of carbonyl (C=O) groups excluding carboxylic acids is 2. The predicted molar refractivity (Wildman–Crippen MR) is 141 cm³/mol. The lowest BCUT2D eigenvalue weighted by molar-refractivity contribution is -0.144. The van der Waals surface area contributed by atoms with E-state index in [4.69, 9.17) is 17.3 Å². The molecule has 0 radical (unpaired) electrons. The number of Topliss-reactive ketones (excluding diaryl/α,β-unsaturated/α-hetero) is 1. The molecule has 2 saturated heterocycles. The molecule has 9 heteroatoms. The number of pyridine rings is 1. The molecule has 3 heterocycles. The highest BCUT2D eigenvalue weighted by molar-refractivity contribution is 6.30. The van der Waals surface area contributed by atoms with Gasteiger partial charge in [0.25, 0.3) is 0 Å². The van der Waals surface area contributed by atoms with Crippen molar-refractivity contribution in [2.45, 2.75) is 75.5 Å². The number of hydrogen-bond acceptors (Lipinski definition) is 6. The number of ketones is 1. The Hall–Kier alpha value is -2.81. The number of amides is 1. The van der Waals surface area contributed by atoms with E-state index in [2.05, 4.69) is 22.0 Å². The van der Waals surface area contributed by atoms with Crippen LogP contribution in [0.2, 0.25) is 5.02 Å². The van der Waals surface area contributed by atoms with Crippen LogP contribution in [0.15, 0.2) is 48.7 Å². The second-order valence-electron chi connectivity index (χ2n) is 10.1. The molecule has 0 bridgehead atoms. The maximum absolute atomic E-state index is 13.8. The molecule has 198 valence electrons. The van der Waals surface area contributed by atoms with Gasteiger partial charge in [0.2, 0.25) is 5.91 Å². The maximum Gasteiger partial charge on any atom is 0.303 e. The zero-order valence-electron chi connectivity index (χ0n) is 21.0. The third kappa shape index (κ3) is 7.15. The third-order valence-corrected chi connectivity index (χ3v) is 7.74. The van der Waals surface area contributed by atoms with E-state index in [0.29, 0.717) is 31.0 Å². The third-order valence-electron chi connectivity index (χ3n) is 7.52. The summed E-state index contributed by atoms with van der Waals surface area (Å²) in [6, 6.07) is 12.7. The quantitative estimate of drug-likeness (QED) is 0.462. The predicted octanol–water partition coefficient (Wildman–Crippen LogP) is 3.11. The molecular weight excluding hydrogens is 492 g/mol. The molecule has 0 aliphatic carbocycles. The van der Waals surface area contributed by atoms with Gasteiger partial charge >= 0.3 is 5.97 Å². The Morgan fingerprint density at radius 3 is 2.62 bits per heavy atom. The number of carboxylic acids is 1. The van der Waals surface area contributed by atoms with Crippen LogP contribution < -0.4 is 5.73 Å². The second-order valence-corrected chi connectivity index (χ2v) is 10.5. The molecule has 1 aromatic carbocycles. The van der Waals surface area contributed by atoms with E-state index in [9.17, 15) is 19.5 Å². The summed E-state index contributed by atoms with van der Waals surface area (Å²) < 4.78 is 0. The monoisotopic (exact) mass is 526 g/mol. The Kier molecular flexibility index (Phi) is 9.29. The first-order valence-corrected chi connectivity index (χ1v) is 13.4. The largest absolute Gasteiger partial charge is 0.481 e. The van der Waals surface area contributed by atoms with Crippen LogP contribution >= 0.6 is 11.6 Å². The number of carboxylic acid groups (broad SMARTS) is 1. The van der Waals surface area contributed by atoms with Gasteiger partial charge in [-0.05, 0) is 56.2 Å². The molecule has 4 rings (SSSR count). The summed E-state index contributed by atoms with van der Waals surface area (Å²) in [6.45, 7) is 1.08. The Morgan fingerprint density at radius 2 is 1.92 bits per heavy atom. The van der Waals surface area contributed by atoms with E-state index in [1.165, 1.54) is 11.8 Å². The molecule has 4 atom stereocenters. The van der Waals surface area contributed by atoms with Crippen LogP contribution in [-0.4, -0.2) is 74.8 Å². The average Bonchev–Trinajstić information content (AvgIpc) is 3.23. The molecule has 2 aromatic rings. The van der Waals surface area contributed by atoms with Gasteiger partial charge in [0, 0.05) is 49.9 Å². The molecule has 1 amide bonds. The number of hydrogen-bond donors (Lipinski definition) is 2. The zero-order valence-corrected chi connectivity index (χ0v) is 21.7. The number of carbonyl (C=O) groups is 3. The van der Waals surface area contributed by atoms with Gasteiger partial charge in [-0.1, -0.05) is 41.9 Å². The summed E-state index contributed by atoms with van der Waals surface area (Å²) >= 11 is 5.91. The molecule has 2 aliphatic rings. The molecule has 2 fully saturated rings. The van der Waals surface area contributed by atoms with Crippen molar-refractivity contribution in [2.75, 3.05) is 13.1 Å².